The summed E-state index contributed by atoms with van der Waals surface area (Å²) in [5.41, 5.74) is 2.44. The minimum absolute atomic E-state index is 0.106. The summed E-state index contributed by atoms with van der Waals surface area (Å²) in [6.45, 7) is 0.542. The lowest BCUT2D eigenvalue weighted by Gasteiger charge is -2.26. The summed E-state index contributed by atoms with van der Waals surface area (Å²) < 4.78 is 10.7. The van der Waals surface area contributed by atoms with Crippen molar-refractivity contribution in [3.8, 4) is 11.5 Å². The van der Waals surface area contributed by atoms with E-state index < -0.39 is 29.7 Å². The molecule has 1 unspecified atom stereocenters. The van der Waals surface area contributed by atoms with Crippen molar-refractivity contribution in [3.63, 3.8) is 0 Å². The largest absolute Gasteiger partial charge is 0.454 e. The van der Waals surface area contributed by atoms with Gasteiger partial charge >= 0.3 is 0 Å². The monoisotopic (exact) mass is 527 g/mol. The van der Waals surface area contributed by atoms with E-state index in [4.69, 9.17) is 9.47 Å². The Balaban J connectivity index is 1.27. The Morgan fingerprint density at radius 1 is 0.872 bits per heavy atom. The molecule has 3 aromatic rings. The molecule has 0 aromatic heterocycles. The van der Waals surface area contributed by atoms with Crippen LogP contribution in [0.2, 0.25) is 0 Å². The van der Waals surface area contributed by atoms with Crippen LogP contribution >= 0.6 is 0 Å². The van der Waals surface area contributed by atoms with Gasteiger partial charge in [-0.1, -0.05) is 66.7 Å². The van der Waals surface area contributed by atoms with E-state index in [-0.39, 0.29) is 32.1 Å². The second kappa shape index (κ2) is 11.8. The number of hydrogen-bond acceptors (Lipinski definition) is 6. The zero-order chi connectivity index (χ0) is 27.2. The molecular formula is C30H29N3O6. The fourth-order valence-corrected chi connectivity index (χ4v) is 4.79. The van der Waals surface area contributed by atoms with E-state index in [1.165, 1.54) is 4.90 Å². The zero-order valence-corrected chi connectivity index (χ0v) is 21.3. The molecule has 3 aromatic carbocycles. The first kappa shape index (κ1) is 26.0. The Morgan fingerprint density at radius 2 is 1.56 bits per heavy atom. The third kappa shape index (κ3) is 6.26. The van der Waals surface area contributed by atoms with Crippen LogP contribution in [-0.2, 0) is 38.7 Å². The van der Waals surface area contributed by atoms with Crippen LogP contribution in [0.3, 0.4) is 0 Å². The van der Waals surface area contributed by atoms with Crippen molar-refractivity contribution >= 4 is 23.5 Å². The van der Waals surface area contributed by atoms with E-state index in [1.54, 1.807) is 18.2 Å². The summed E-state index contributed by atoms with van der Waals surface area (Å²) in [6.07, 6.45) is 0.737. The van der Waals surface area contributed by atoms with Crippen LogP contribution in [-0.4, -0.2) is 47.3 Å². The number of carbonyl (C=O) groups excluding carboxylic acids is 4. The van der Waals surface area contributed by atoms with Crippen molar-refractivity contribution in [2.24, 2.45) is 0 Å². The molecule has 0 aliphatic carbocycles. The maximum absolute atomic E-state index is 13.4. The van der Waals surface area contributed by atoms with Crippen LogP contribution in [0.25, 0.3) is 0 Å². The molecule has 1 saturated heterocycles. The summed E-state index contributed by atoms with van der Waals surface area (Å²) in [5, 5.41) is 5.42. The van der Waals surface area contributed by atoms with Crippen molar-refractivity contribution in [1.29, 1.82) is 0 Å². The highest BCUT2D eigenvalue weighted by Gasteiger charge is 2.38. The maximum atomic E-state index is 13.4. The lowest BCUT2D eigenvalue weighted by molar-refractivity contribution is -0.141. The minimum atomic E-state index is -1.09. The Morgan fingerprint density at radius 3 is 2.31 bits per heavy atom. The number of fused-ring (bicyclic) bond motifs is 1. The quantitative estimate of drug-likeness (QED) is 0.392. The molecule has 2 aliphatic heterocycles. The van der Waals surface area contributed by atoms with Crippen molar-refractivity contribution < 1.29 is 28.7 Å². The lowest BCUT2D eigenvalue weighted by Crippen LogP contribution is -2.53. The number of rotatable bonds is 10. The molecule has 3 amide bonds. The summed E-state index contributed by atoms with van der Waals surface area (Å²) in [6, 6.07) is 22.1. The van der Waals surface area contributed by atoms with Gasteiger partial charge in [0.1, 0.15) is 12.1 Å². The first-order valence-electron chi connectivity index (χ1n) is 12.9. The summed E-state index contributed by atoms with van der Waals surface area (Å²) in [4.78, 5) is 53.7. The molecule has 9 nitrogen and oxygen atoms in total. The Labute approximate surface area is 226 Å². The predicted octanol–water partition coefficient (Wildman–Crippen LogP) is 2.52. The van der Waals surface area contributed by atoms with Crippen molar-refractivity contribution in [3.05, 3.63) is 95.6 Å². The summed E-state index contributed by atoms with van der Waals surface area (Å²) >= 11 is 0. The number of carbonyl (C=O) groups is 4. The lowest BCUT2D eigenvalue weighted by atomic mass is 10.0. The van der Waals surface area contributed by atoms with Gasteiger partial charge < -0.3 is 25.0 Å². The average molecular weight is 528 g/mol. The van der Waals surface area contributed by atoms with Crippen LogP contribution in [0.15, 0.2) is 78.9 Å². The van der Waals surface area contributed by atoms with Crippen LogP contribution in [0.5, 0.6) is 11.5 Å². The number of hydrogen-bond donors (Lipinski definition) is 2. The van der Waals surface area contributed by atoms with Gasteiger partial charge in [0.15, 0.2) is 11.5 Å². The van der Waals surface area contributed by atoms with E-state index >= 15 is 0 Å². The standard InChI is InChI=1S/C30H29N3O6/c34-27-14-12-24(33(27)18-21-9-5-2-6-10-21)29(36)32-23(15-20-7-3-1-4-8-20)28(35)30(37)31-17-22-11-13-25-26(16-22)39-19-38-25/h1-11,13,16,23-24H,12,14-15,17-19H2,(H,31,37)(H,32,36)/t23?,24-/m0/s1. The van der Waals surface area contributed by atoms with Crippen molar-refractivity contribution in [2.75, 3.05) is 6.79 Å². The molecule has 0 radical (unpaired) electrons. The van der Waals surface area contributed by atoms with Crippen LogP contribution in [0, 0.1) is 0 Å². The van der Waals surface area contributed by atoms with E-state index in [9.17, 15) is 19.2 Å². The van der Waals surface area contributed by atoms with Gasteiger partial charge in [0.05, 0.1) is 0 Å². The van der Waals surface area contributed by atoms with Gasteiger partial charge in [0.2, 0.25) is 24.4 Å². The molecule has 5 rings (SSSR count). The number of benzene rings is 3. The molecule has 2 N–H and O–H groups in total. The zero-order valence-electron chi connectivity index (χ0n) is 21.3. The topological polar surface area (TPSA) is 114 Å². The number of ketones is 1. The first-order chi connectivity index (χ1) is 19.0. The Hall–Kier alpha value is -4.66. The number of Topliss-reactive ketones (excluding diaryl/α,β-unsaturated/α-hetero) is 1. The molecular weight excluding hydrogens is 498 g/mol. The second-order valence-corrected chi connectivity index (χ2v) is 9.55. The van der Waals surface area contributed by atoms with Gasteiger partial charge in [-0.05, 0) is 35.2 Å². The van der Waals surface area contributed by atoms with Crippen molar-refractivity contribution in [1.82, 2.24) is 15.5 Å². The molecule has 0 bridgehead atoms. The van der Waals surface area contributed by atoms with Gasteiger partial charge in [-0.15, -0.1) is 0 Å². The summed E-state index contributed by atoms with van der Waals surface area (Å²) in [7, 11) is 0. The highest BCUT2D eigenvalue weighted by molar-refractivity contribution is 6.38. The minimum Gasteiger partial charge on any atom is -0.454 e. The smallest absolute Gasteiger partial charge is 0.289 e. The molecule has 0 spiro atoms. The van der Waals surface area contributed by atoms with Crippen LogP contribution < -0.4 is 20.1 Å². The van der Waals surface area contributed by atoms with Crippen molar-refractivity contribution in [2.45, 2.75) is 44.4 Å². The Bertz CT molecular complexity index is 1360. The fraction of sp³-hybridized carbons (Fsp3) is 0.267. The molecule has 1 fully saturated rings. The number of amides is 3. The molecule has 9 heteroatoms. The van der Waals surface area contributed by atoms with Gasteiger partial charge in [-0.25, -0.2) is 0 Å². The van der Waals surface area contributed by atoms with E-state index in [0.29, 0.717) is 24.5 Å². The average Bonchev–Trinajstić information content (AvgIpc) is 3.58. The first-order valence-corrected chi connectivity index (χ1v) is 12.9. The van der Waals surface area contributed by atoms with E-state index in [0.717, 1.165) is 16.7 Å². The van der Waals surface area contributed by atoms with Gasteiger partial charge in [-0.2, -0.15) is 0 Å². The normalized spacial score (nSPS) is 16.6. The van der Waals surface area contributed by atoms with Crippen LogP contribution in [0.4, 0.5) is 0 Å². The second-order valence-electron chi connectivity index (χ2n) is 9.55. The van der Waals surface area contributed by atoms with Gasteiger partial charge in [0.25, 0.3) is 5.91 Å². The molecule has 0 saturated carbocycles. The molecule has 2 aliphatic rings. The third-order valence-electron chi connectivity index (χ3n) is 6.86. The van der Waals surface area contributed by atoms with Gasteiger partial charge in [0, 0.05) is 25.9 Å². The molecule has 2 atom stereocenters. The number of ether oxygens (including phenoxy) is 2. The fourth-order valence-electron chi connectivity index (χ4n) is 4.79. The van der Waals surface area contributed by atoms with Gasteiger partial charge in [-0.3, -0.25) is 19.2 Å². The van der Waals surface area contributed by atoms with E-state index in [1.807, 2.05) is 60.7 Å². The van der Waals surface area contributed by atoms with Crippen LogP contribution in [0.1, 0.15) is 29.5 Å². The number of nitrogens with zero attached hydrogens (tertiary/aromatic N) is 1. The summed E-state index contributed by atoms with van der Waals surface area (Å²) in [5.74, 6) is -0.933. The highest BCUT2D eigenvalue weighted by atomic mass is 16.7. The predicted molar refractivity (Wildman–Crippen MR) is 142 cm³/mol. The Kier molecular flexibility index (Phi) is 7.86. The molecule has 200 valence electrons. The number of likely N-dealkylation sites (tertiary alicyclic amines) is 1. The SMILES string of the molecule is O=C(NCc1ccc2c(c1)OCO2)C(=O)C(Cc1ccccc1)NC(=O)[C@@H]1CCC(=O)N1Cc1ccccc1. The number of nitrogens with one attached hydrogen (secondary N) is 2. The third-order valence-corrected chi connectivity index (χ3v) is 6.86. The highest BCUT2D eigenvalue weighted by Crippen LogP contribution is 2.32. The maximum Gasteiger partial charge on any atom is 0.289 e. The molecule has 39 heavy (non-hydrogen) atoms. The molecule has 2 heterocycles. The van der Waals surface area contributed by atoms with E-state index in [2.05, 4.69) is 10.6 Å².